The van der Waals surface area contributed by atoms with Gasteiger partial charge in [-0.1, -0.05) is 13.3 Å². The van der Waals surface area contributed by atoms with Crippen LogP contribution in [0.3, 0.4) is 0 Å². The van der Waals surface area contributed by atoms with Crippen molar-refractivity contribution in [3.63, 3.8) is 0 Å². The summed E-state index contributed by atoms with van der Waals surface area (Å²) in [4.78, 5) is 16.7. The minimum Gasteiger partial charge on any atom is -0.340 e. The van der Waals surface area contributed by atoms with E-state index in [2.05, 4.69) is 17.1 Å². The smallest absolute Gasteiger partial charge is 0.223 e. The van der Waals surface area contributed by atoms with Crippen LogP contribution in [-0.4, -0.2) is 61.0 Å². The highest BCUT2D eigenvalue weighted by atomic mass is 16.2. The molecule has 4 nitrogen and oxygen atoms in total. The number of nitrogens with zero attached hydrogens (tertiary/aromatic N) is 2. The number of likely N-dealkylation sites (tertiary alicyclic amines) is 1. The fourth-order valence-electron chi connectivity index (χ4n) is 3.13. The number of amides is 1. The zero-order valence-corrected chi connectivity index (χ0v) is 11.7. The van der Waals surface area contributed by atoms with Crippen molar-refractivity contribution in [2.24, 2.45) is 0 Å². The van der Waals surface area contributed by atoms with Gasteiger partial charge < -0.3 is 10.2 Å². The summed E-state index contributed by atoms with van der Waals surface area (Å²) in [5.41, 5.74) is 0. The highest BCUT2D eigenvalue weighted by molar-refractivity contribution is 5.76. The van der Waals surface area contributed by atoms with Gasteiger partial charge in [0.05, 0.1) is 0 Å². The molecule has 2 aliphatic heterocycles. The summed E-state index contributed by atoms with van der Waals surface area (Å²) in [6, 6.07) is 0.717. The minimum atomic E-state index is 0.344. The molecule has 104 valence electrons. The Morgan fingerprint density at radius 2 is 2.00 bits per heavy atom. The molecule has 1 unspecified atom stereocenters. The van der Waals surface area contributed by atoms with Gasteiger partial charge in [0.15, 0.2) is 0 Å². The van der Waals surface area contributed by atoms with Crippen LogP contribution in [0.4, 0.5) is 0 Å². The third-order valence-corrected chi connectivity index (χ3v) is 4.30. The molecule has 2 rings (SSSR count). The van der Waals surface area contributed by atoms with Crippen LogP contribution in [0.1, 0.15) is 39.0 Å². The summed E-state index contributed by atoms with van der Waals surface area (Å²) in [5.74, 6) is 0.344. The summed E-state index contributed by atoms with van der Waals surface area (Å²) in [6.07, 6.45) is 5.91. The Morgan fingerprint density at radius 1 is 1.22 bits per heavy atom. The van der Waals surface area contributed by atoms with Gasteiger partial charge in [-0.05, 0) is 25.8 Å². The third-order valence-electron chi connectivity index (χ3n) is 4.30. The number of piperazine rings is 1. The Hall–Kier alpha value is -0.610. The van der Waals surface area contributed by atoms with Crippen LogP contribution >= 0.6 is 0 Å². The lowest BCUT2D eigenvalue weighted by Crippen LogP contribution is -2.48. The van der Waals surface area contributed by atoms with E-state index in [0.717, 1.165) is 38.8 Å². The fourth-order valence-corrected chi connectivity index (χ4v) is 3.13. The van der Waals surface area contributed by atoms with Crippen molar-refractivity contribution in [3.8, 4) is 0 Å². The Morgan fingerprint density at radius 3 is 2.72 bits per heavy atom. The van der Waals surface area contributed by atoms with E-state index >= 15 is 0 Å². The third kappa shape index (κ3) is 3.69. The van der Waals surface area contributed by atoms with Crippen LogP contribution in [0.15, 0.2) is 0 Å². The second kappa shape index (κ2) is 7.10. The van der Waals surface area contributed by atoms with Crippen LogP contribution in [-0.2, 0) is 4.79 Å². The van der Waals surface area contributed by atoms with Gasteiger partial charge in [0.1, 0.15) is 0 Å². The predicted octanol–water partition coefficient (Wildman–Crippen LogP) is 1.07. The standard InChI is InChI=1S/C14H27N3O/c1-2-13-5-3-4-9-16(13)10-6-14(18)17-11-7-15-8-12-17/h13,15H,2-12H2,1H3. The number of carbonyl (C=O) groups excluding carboxylic acids is 1. The van der Waals surface area contributed by atoms with Crippen LogP contribution in [0.25, 0.3) is 0 Å². The molecule has 0 radical (unpaired) electrons. The lowest BCUT2D eigenvalue weighted by molar-refractivity contribution is -0.132. The molecule has 1 atom stereocenters. The topological polar surface area (TPSA) is 35.6 Å². The van der Waals surface area contributed by atoms with E-state index in [9.17, 15) is 4.79 Å². The lowest BCUT2D eigenvalue weighted by atomic mass is 10.00. The first-order valence-electron chi connectivity index (χ1n) is 7.54. The Balaban J connectivity index is 1.73. The average molecular weight is 253 g/mol. The van der Waals surface area contributed by atoms with E-state index in [1.807, 2.05) is 4.90 Å². The molecular formula is C14H27N3O. The van der Waals surface area contributed by atoms with Crippen LogP contribution < -0.4 is 5.32 Å². The van der Waals surface area contributed by atoms with Gasteiger partial charge in [0.25, 0.3) is 0 Å². The highest BCUT2D eigenvalue weighted by Crippen LogP contribution is 2.19. The SMILES string of the molecule is CCC1CCCCN1CCC(=O)N1CCNCC1. The molecule has 0 saturated carbocycles. The number of piperidine rings is 1. The molecule has 2 aliphatic rings. The van der Waals surface area contributed by atoms with Crippen LogP contribution in [0.2, 0.25) is 0 Å². The van der Waals surface area contributed by atoms with E-state index in [4.69, 9.17) is 0 Å². The Labute approximate surface area is 111 Å². The normalized spacial score (nSPS) is 26.3. The number of hydrogen-bond acceptors (Lipinski definition) is 3. The first-order valence-corrected chi connectivity index (χ1v) is 7.54. The quantitative estimate of drug-likeness (QED) is 0.814. The largest absolute Gasteiger partial charge is 0.340 e. The van der Waals surface area contributed by atoms with E-state index in [1.165, 1.54) is 32.2 Å². The number of nitrogens with one attached hydrogen (secondary N) is 1. The van der Waals surface area contributed by atoms with E-state index in [-0.39, 0.29) is 0 Å². The van der Waals surface area contributed by atoms with Gasteiger partial charge in [0.2, 0.25) is 5.91 Å². The van der Waals surface area contributed by atoms with Crippen LogP contribution in [0.5, 0.6) is 0 Å². The maximum atomic E-state index is 12.1. The minimum absolute atomic E-state index is 0.344. The lowest BCUT2D eigenvalue weighted by Gasteiger charge is -2.35. The highest BCUT2D eigenvalue weighted by Gasteiger charge is 2.22. The molecular weight excluding hydrogens is 226 g/mol. The number of hydrogen-bond donors (Lipinski definition) is 1. The van der Waals surface area contributed by atoms with Crippen LogP contribution in [0, 0.1) is 0 Å². The second-order valence-corrected chi connectivity index (χ2v) is 5.47. The molecule has 0 aromatic carbocycles. The molecule has 0 bridgehead atoms. The van der Waals surface area contributed by atoms with Crippen molar-refractivity contribution in [3.05, 3.63) is 0 Å². The average Bonchev–Trinajstić information content (AvgIpc) is 2.46. The Bertz CT molecular complexity index is 264. The number of carbonyl (C=O) groups is 1. The summed E-state index contributed by atoms with van der Waals surface area (Å²) >= 11 is 0. The van der Waals surface area contributed by atoms with Gasteiger partial charge in [-0.2, -0.15) is 0 Å². The van der Waals surface area contributed by atoms with E-state index in [0.29, 0.717) is 12.3 Å². The first-order chi connectivity index (χ1) is 8.81. The fraction of sp³-hybridized carbons (Fsp3) is 0.929. The molecule has 2 heterocycles. The molecule has 0 aromatic rings. The zero-order chi connectivity index (χ0) is 12.8. The number of rotatable bonds is 4. The molecule has 2 saturated heterocycles. The second-order valence-electron chi connectivity index (χ2n) is 5.47. The summed E-state index contributed by atoms with van der Waals surface area (Å²) in [6.45, 7) is 8.09. The maximum absolute atomic E-state index is 12.1. The first kappa shape index (κ1) is 13.8. The maximum Gasteiger partial charge on any atom is 0.223 e. The van der Waals surface area contributed by atoms with Gasteiger partial charge in [-0.15, -0.1) is 0 Å². The van der Waals surface area contributed by atoms with E-state index < -0.39 is 0 Å². The molecule has 18 heavy (non-hydrogen) atoms. The predicted molar refractivity (Wildman–Crippen MR) is 73.6 cm³/mol. The molecule has 1 amide bonds. The van der Waals surface area contributed by atoms with Crippen molar-refractivity contribution in [2.45, 2.75) is 45.1 Å². The molecule has 0 spiro atoms. The molecule has 0 aromatic heterocycles. The summed E-state index contributed by atoms with van der Waals surface area (Å²) in [5, 5.41) is 3.29. The Kier molecular flexibility index (Phi) is 5.45. The molecule has 1 N–H and O–H groups in total. The van der Waals surface area contributed by atoms with Gasteiger partial charge in [-0.3, -0.25) is 9.69 Å². The van der Waals surface area contributed by atoms with Crippen molar-refractivity contribution in [1.82, 2.24) is 15.1 Å². The van der Waals surface area contributed by atoms with Crippen molar-refractivity contribution in [2.75, 3.05) is 39.3 Å². The van der Waals surface area contributed by atoms with Crippen molar-refractivity contribution < 1.29 is 4.79 Å². The van der Waals surface area contributed by atoms with Gasteiger partial charge in [-0.25, -0.2) is 0 Å². The molecule has 4 heteroatoms. The molecule has 2 fully saturated rings. The van der Waals surface area contributed by atoms with Crippen molar-refractivity contribution >= 4 is 5.91 Å². The monoisotopic (exact) mass is 253 g/mol. The summed E-state index contributed by atoms with van der Waals surface area (Å²) in [7, 11) is 0. The zero-order valence-electron chi connectivity index (χ0n) is 11.7. The summed E-state index contributed by atoms with van der Waals surface area (Å²) < 4.78 is 0. The van der Waals surface area contributed by atoms with Gasteiger partial charge in [0, 0.05) is 45.2 Å². The van der Waals surface area contributed by atoms with E-state index in [1.54, 1.807) is 0 Å². The van der Waals surface area contributed by atoms with Gasteiger partial charge >= 0.3 is 0 Å². The molecule has 0 aliphatic carbocycles. The van der Waals surface area contributed by atoms with Crippen molar-refractivity contribution in [1.29, 1.82) is 0 Å².